The van der Waals surface area contributed by atoms with Crippen molar-refractivity contribution in [3.63, 3.8) is 0 Å². The third-order valence-corrected chi connectivity index (χ3v) is 4.35. The normalized spacial score (nSPS) is 10.8. The van der Waals surface area contributed by atoms with Gasteiger partial charge in [0, 0.05) is 6.61 Å². The van der Waals surface area contributed by atoms with Gasteiger partial charge < -0.3 is 5.11 Å². The van der Waals surface area contributed by atoms with Crippen LogP contribution in [-0.2, 0) is 6.42 Å². The van der Waals surface area contributed by atoms with Crippen LogP contribution in [0.2, 0.25) is 0 Å². The van der Waals surface area contributed by atoms with Crippen molar-refractivity contribution in [3.05, 3.63) is 44.8 Å². The van der Waals surface area contributed by atoms with Crippen LogP contribution in [0.3, 0.4) is 0 Å². The number of aliphatic hydroxyl groups is 1. The van der Waals surface area contributed by atoms with Crippen LogP contribution in [0.5, 0.6) is 0 Å². The maximum atomic E-state index is 8.87. The van der Waals surface area contributed by atoms with Gasteiger partial charge in [-0.15, -0.1) is 0 Å². The molecule has 2 aromatic rings. The van der Waals surface area contributed by atoms with E-state index >= 15 is 0 Å². The van der Waals surface area contributed by atoms with E-state index in [9.17, 15) is 0 Å². The smallest absolute Gasteiger partial charge is 0.0734 e. The molecule has 0 aliphatic heterocycles. The Morgan fingerprint density at radius 2 is 1.88 bits per heavy atom. The second-order valence-electron chi connectivity index (χ2n) is 4.04. The topological polar surface area (TPSA) is 38.0 Å². The first-order chi connectivity index (χ1) is 8.13. The van der Waals surface area contributed by atoms with E-state index in [4.69, 9.17) is 5.11 Å². The Morgan fingerprint density at radius 3 is 2.35 bits per heavy atom. The average Bonchev–Trinajstić information content (AvgIpc) is 2.59. The lowest BCUT2D eigenvalue weighted by molar-refractivity contribution is 0.299. The summed E-state index contributed by atoms with van der Waals surface area (Å²) in [5.74, 6) is 0. The molecule has 0 aliphatic carbocycles. The minimum Gasteiger partial charge on any atom is -0.396 e. The fourth-order valence-electron chi connectivity index (χ4n) is 1.81. The minimum absolute atomic E-state index is 0.192. The predicted molar refractivity (Wildman–Crippen MR) is 76.5 cm³/mol. The highest BCUT2D eigenvalue weighted by Gasteiger charge is 2.09. The Bertz CT molecular complexity index is 517. The van der Waals surface area contributed by atoms with Crippen molar-refractivity contribution < 1.29 is 5.11 Å². The van der Waals surface area contributed by atoms with E-state index in [1.54, 1.807) is 0 Å². The Hall–Kier alpha value is -0.880. The maximum Gasteiger partial charge on any atom is 0.0734 e. The zero-order valence-corrected chi connectivity index (χ0v) is 12.1. The van der Waals surface area contributed by atoms with E-state index in [0.29, 0.717) is 6.42 Å². The van der Waals surface area contributed by atoms with Crippen LogP contribution in [0.4, 0.5) is 0 Å². The van der Waals surface area contributed by atoms with Crippen LogP contribution >= 0.6 is 22.6 Å². The SMILES string of the molecule is Cc1nn(-c2ccc(CCO)cc2)c(C)c1I. The molecule has 90 valence electrons. The summed E-state index contributed by atoms with van der Waals surface area (Å²) < 4.78 is 3.17. The Labute approximate surface area is 115 Å². The molecule has 1 N–H and O–H groups in total. The van der Waals surface area contributed by atoms with Crippen LogP contribution in [-0.4, -0.2) is 21.5 Å². The molecular weight excluding hydrogens is 327 g/mol. The lowest BCUT2D eigenvalue weighted by Crippen LogP contribution is -2.00. The number of hydrogen-bond acceptors (Lipinski definition) is 2. The molecule has 0 bridgehead atoms. The number of halogens is 1. The number of aryl methyl sites for hydroxylation is 1. The summed E-state index contributed by atoms with van der Waals surface area (Å²) in [5, 5.41) is 13.4. The molecule has 0 radical (unpaired) electrons. The molecule has 2 rings (SSSR count). The molecular formula is C13H15IN2O. The minimum atomic E-state index is 0.192. The van der Waals surface area contributed by atoms with Crippen molar-refractivity contribution in [2.75, 3.05) is 6.61 Å². The molecule has 0 unspecified atom stereocenters. The molecule has 1 aromatic carbocycles. The number of rotatable bonds is 3. The molecule has 0 amide bonds. The molecule has 4 heteroatoms. The summed E-state index contributed by atoms with van der Waals surface area (Å²) >= 11 is 2.32. The van der Waals surface area contributed by atoms with Crippen LogP contribution in [0, 0.1) is 17.4 Å². The molecule has 0 aliphatic rings. The van der Waals surface area contributed by atoms with Crippen molar-refractivity contribution in [2.45, 2.75) is 20.3 Å². The van der Waals surface area contributed by atoms with Gasteiger partial charge in [-0.1, -0.05) is 12.1 Å². The number of aromatic nitrogens is 2. The summed E-state index contributed by atoms with van der Waals surface area (Å²) in [6.07, 6.45) is 0.703. The first-order valence-electron chi connectivity index (χ1n) is 5.55. The molecule has 0 saturated carbocycles. The van der Waals surface area contributed by atoms with Gasteiger partial charge in [0.25, 0.3) is 0 Å². The van der Waals surface area contributed by atoms with Gasteiger partial charge in [0.15, 0.2) is 0 Å². The number of hydrogen-bond donors (Lipinski definition) is 1. The molecule has 3 nitrogen and oxygen atoms in total. The van der Waals surface area contributed by atoms with Crippen molar-refractivity contribution in [2.24, 2.45) is 0 Å². The Balaban J connectivity index is 2.36. The van der Waals surface area contributed by atoms with Crippen LogP contribution in [0.25, 0.3) is 5.69 Å². The van der Waals surface area contributed by atoms with Crippen molar-refractivity contribution in [1.29, 1.82) is 0 Å². The highest BCUT2D eigenvalue weighted by molar-refractivity contribution is 14.1. The van der Waals surface area contributed by atoms with Gasteiger partial charge in [-0.05, 0) is 60.6 Å². The zero-order chi connectivity index (χ0) is 12.4. The van der Waals surface area contributed by atoms with Gasteiger partial charge >= 0.3 is 0 Å². The number of benzene rings is 1. The molecule has 1 heterocycles. The molecule has 0 spiro atoms. The molecule has 17 heavy (non-hydrogen) atoms. The first-order valence-corrected chi connectivity index (χ1v) is 6.63. The van der Waals surface area contributed by atoms with Gasteiger partial charge in [-0.2, -0.15) is 5.10 Å². The highest BCUT2D eigenvalue weighted by atomic mass is 127. The molecule has 0 saturated heterocycles. The summed E-state index contributed by atoms with van der Waals surface area (Å²) in [7, 11) is 0. The van der Waals surface area contributed by atoms with E-state index in [2.05, 4.69) is 34.6 Å². The van der Waals surface area contributed by atoms with Gasteiger partial charge in [-0.3, -0.25) is 0 Å². The average molecular weight is 342 g/mol. The van der Waals surface area contributed by atoms with E-state index in [1.165, 1.54) is 3.57 Å². The van der Waals surface area contributed by atoms with Crippen LogP contribution in [0.1, 0.15) is 17.0 Å². The Morgan fingerprint density at radius 1 is 1.24 bits per heavy atom. The largest absolute Gasteiger partial charge is 0.396 e. The van der Waals surface area contributed by atoms with Crippen molar-refractivity contribution in [3.8, 4) is 5.69 Å². The summed E-state index contributed by atoms with van der Waals surface area (Å²) in [5.41, 5.74) is 4.43. The fraction of sp³-hybridized carbons (Fsp3) is 0.308. The summed E-state index contributed by atoms with van der Waals surface area (Å²) in [6, 6.07) is 8.16. The van der Waals surface area contributed by atoms with Gasteiger partial charge in [0.1, 0.15) is 0 Å². The predicted octanol–water partition coefficient (Wildman–Crippen LogP) is 2.63. The van der Waals surface area contributed by atoms with E-state index < -0.39 is 0 Å². The Kier molecular flexibility index (Phi) is 3.83. The van der Waals surface area contributed by atoms with Crippen molar-refractivity contribution >= 4 is 22.6 Å². The van der Waals surface area contributed by atoms with Gasteiger partial charge in [-0.25, -0.2) is 4.68 Å². The third kappa shape index (κ3) is 2.52. The summed E-state index contributed by atoms with van der Waals surface area (Å²) in [6.45, 7) is 4.28. The van der Waals surface area contributed by atoms with Gasteiger partial charge in [0.2, 0.25) is 0 Å². The second-order valence-corrected chi connectivity index (χ2v) is 5.12. The zero-order valence-electron chi connectivity index (χ0n) is 9.94. The quantitative estimate of drug-likeness (QED) is 0.871. The van der Waals surface area contributed by atoms with Crippen LogP contribution < -0.4 is 0 Å². The first kappa shape index (κ1) is 12.6. The van der Waals surface area contributed by atoms with Crippen molar-refractivity contribution in [1.82, 2.24) is 9.78 Å². The number of aliphatic hydroxyl groups excluding tert-OH is 1. The molecule has 0 fully saturated rings. The van der Waals surface area contributed by atoms with E-state index in [1.807, 2.05) is 35.9 Å². The van der Waals surface area contributed by atoms with Gasteiger partial charge in [0.05, 0.1) is 20.6 Å². The van der Waals surface area contributed by atoms with Crippen LogP contribution in [0.15, 0.2) is 24.3 Å². The summed E-state index contributed by atoms with van der Waals surface area (Å²) in [4.78, 5) is 0. The lowest BCUT2D eigenvalue weighted by Gasteiger charge is -2.05. The third-order valence-electron chi connectivity index (χ3n) is 2.78. The number of nitrogens with zero attached hydrogens (tertiary/aromatic N) is 2. The monoisotopic (exact) mass is 342 g/mol. The lowest BCUT2D eigenvalue weighted by atomic mass is 10.1. The molecule has 1 aromatic heterocycles. The standard InChI is InChI=1S/C13H15IN2O/c1-9-13(14)10(2)16(15-9)12-5-3-11(4-6-12)7-8-17/h3-6,17H,7-8H2,1-2H3. The second kappa shape index (κ2) is 5.18. The fourth-order valence-corrected chi connectivity index (χ4v) is 2.14. The van der Waals surface area contributed by atoms with E-state index in [0.717, 1.165) is 22.6 Å². The molecule has 0 atom stereocenters. The maximum absolute atomic E-state index is 8.87. The highest BCUT2D eigenvalue weighted by Crippen LogP contribution is 2.19. The van der Waals surface area contributed by atoms with E-state index in [-0.39, 0.29) is 6.61 Å².